The van der Waals surface area contributed by atoms with E-state index in [4.69, 9.17) is 9.47 Å². The highest BCUT2D eigenvalue weighted by atomic mass is 16.5. The largest absolute Gasteiger partial charge is 0.494 e. The van der Waals surface area contributed by atoms with E-state index in [9.17, 15) is 10.1 Å². The highest BCUT2D eigenvalue weighted by Gasteiger charge is 2.21. The van der Waals surface area contributed by atoms with Crippen LogP contribution in [0.1, 0.15) is 138 Å². The highest BCUT2D eigenvalue weighted by molar-refractivity contribution is 5.91. The van der Waals surface area contributed by atoms with Gasteiger partial charge in [0, 0.05) is 0 Å². The monoisotopic (exact) mass is 545 g/mol. The van der Waals surface area contributed by atoms with Crippen LogP contribution in [0.2, 0.25) is 0 Å². The standard InChI is InChI=1S/C36H51NO3/c1-3-5-7-9-11-13-29-14-16-30(17-15-29)18-19-31-20-25-35(33(27-31)28-37)40-36(38)32-21-23-34(24-22-32)39-26-12-10-8-6-4-2/h20-25,27,29-30H,3-19,26H2,1-2H3/t29-,30-. The van der Waals surface area contributed by atoms with Crippen LogP contribution >= 0.6 is 0 Å². The zero-order valence-corrected chi connectivity index (χ0v) is 25.1. The normalized spacial score (nSPS) is 16.8. The molecule has 0 unspecified atom stereocenters. The molecule has 1 fully saturated rings. The van der Waals surface area contributed by atoms with Gasteiger partial charge in [-0.25, -0.2) is 4.79 Å². The molecule has 0 spiro atoms. The first kappa shape index (κ1) is 31.7. The summed E-state index contributed by atoms with van der Waals surface area (Å²) in [7, 11) is 0. The van der Waals surface area contributed by atoms with Gasteiger partial charge >= 0.3 is 5.97 Å². The Hall–Kier alpha value is -2.80. The van der Waals surface area contributed by atoms with Gasteiger partial charge in [0.05, 0.1) is 17.7 Å². The number of carbonyl (C=O) groups is 1. The molecule has 0 atom stereocenters. The lowest BCUT2D eigenvalue weighted by atomic mass is 9.77. The molecule has 2 aromatic carbocycles. The van der Waals surface area contributed by atoms with E-state index >= 15 is 0 Å². The van der Waals surface area contributed by atoms with Gasteiger partial charge in [-0.1, -0.05) is 110 Å². The molecule has 4 heteroatoms. The molecule has 0 aromatic heterocycles. The number of esters is 1. The van der Waals surface area contributed by atoms with Gasteiger partial charge < -0.3 is 9.47 Å². The minimum Gasteiger partial charge on any atom is -0.494 e. The van der Waals surface area contributed by atoms with Crippen molar-refractivity contribution in [1.82, 2.24) is 0 Å². The summed E-state index contributed by atoms with van der Waals surface area (Å²) >= 11 is 0. The van der Waals surface area contributed by atoms with Crippen LogP contribution in [0.25, 0.3) is 0 Å². The molecule has 40 heavy (non-hydrogen) atoms. The summed E-state index contributed by atoms with van der Waals surface area (Å²) in [6, 6.07) is 14.9. The smallest absolute Gasteiger partial charge is 0.343 e. The van der Waals surface area contributed by atoms with Crippen LogP contribution in [0.15, 0.2) is 42.5 Å². The van der Waals surface area contributed by atoms with E-state index in [2.05, 4.69) is 19.9 Å². The highest BCUT2D eigenvalue weighted by Crippen LogP contribution is 2.34. The third-order valence-electron chi connectivity index (χ3n) is 8.50. The van der Waals surface area contributed by atoms with Crippen LogP contribution in [0.5, 0.6) is 11.5 Å². The van der Waals surface area contributed by atoms with Gasteiger partial charge in [0.25, 0.3) is 0 Å². The summed E-state index contributed by atoms with van der Waals surface area (Å²) in [5.41, 5.74) is 2.01. The van der Waals surface area contributed by atoms with Gasteiger partial charge in [0.15, 0.2) is 0 Å². The second-order valence-corrected chi connectivity index (χ2v) is 11.7. The average molecular weight is 546 g/mol. The van der Waals surface area contributed by atoms with Crippen molar-refractivity contribution in [2.75, 3.05) is 6.61 Å². The second kappa shape index (κ2) is 18.5. The Morgan fingerprint density at radius 2 is 1.43 bits per heavy atom. The zero-order chi connectivity index (χ0) is 28.4. The molecule has 4 nitrogen and oxygen atoms in total. The first-order chi connectivity index (χ1) is 19.6. The Morgan fingerprint density at radius 3 is 2.08 bits per heavy atom. The van der Waals surface area contributed by atoms with Gasteiger partial charge in [-0.15, -0.1) is 0 Å². The van der Waals surface area contributed by atoms with Crippen molar-refractivity contribution in [3.63, 3.8) is 0 Å². The summed E-state index contributed by atoms with van der Waals surface area (Å²) in [6.45, 7) is 5.17. The van der Waals surface area contributed by atoms with Crippen molar-refractivity contribution >= 4 is 5.97 Å². The van der Waals surface area contributed by atoms with E-state index in [-0.39, 0.29) is 0 Å². The predicted octanol–water partition coefficient (Wildman–Crippen LogP) is 10.2. The summed E-state index contributed by atoms with van der Waals surface area (Å²) in [6.07, 6.45) is 21.9. The number of ether oxygens (including phenoxy) is 2. The zero-order valence-electron chi connectivity index (χ0n) is 25.1. The first-order valence-electron chi connectivity index (χ1n) is 16.1. The summed E-state index contributed by atoms with van der Waals surface area (Å²) in [4.78, 5) is 12.7. The van der Waals surface area contributed by atoms with Crippen LogP contribution in [-0.4, -0.2) is 12.6 Å². The Bertz CT molecular complexity index is 1030. The summed E-state index contributed by atoms with van der Waals surface area (Å²) < 4.78 is 11.4. The number of nitrogens with zero attached hydrogens (tertiary/aromatic N) is 1. The summed E-state index contributed by atoms with van der Waals surface area (Å²) in [5, 5.41) is 9.72. The predicted molar refractivity (Wildman–Crippen MR) is 164 cm³/mol. The van der Waals surface area contributed by atoms with Gasteiger partial charge in [-0.3, -0.25) is 0 Å². The van der Waals surface area contributed by atoms with E-state index in [1.54, 1.807) is 30.3 Å². The van der Waals surface area contributed by atoms with E-state index in [0.29, 0.717) is 23.5 Å². The molecule has 1 aliphatic rings. The summed E-state index contributed by atoms with van der Waals surface area (Å²) in [5.74, 6) is 2.33. The fourth-order valence-electron chi connectivity index (χ4n) is 5.87. The number of unbranched alkanes of at least 4 members (excludes halogenated alkanes) is 8. The first-order valence-corrected chi connectivity index (χ1v) is 16.1. The van der Waals surface area contributed by atoms with E-state index < -0.39 is 5.97 Å². The molecule has 0 radical (unpaired) electrons. The number of hydrogen-bond donors (Lipinski definition) is 0. The molecule has 0 bridgehead atoms. The van der Waals surface area contributed by atoms with Crippen molar-refractivity contribution in [1.29, 1.82) is 5.26 Å². The molecular weight excluding hydrogens is 494 g/mol. The van der Waals surface area contributed by atoms with Gasteiger partial charge in [0.2, 0.25) is 0 Å². The Labute approximate surface area is 243 Å². The third-order valence-corrected chi connectivity index (χ3v) is 8.50. The maximum atomic E-state index is 12.7. The van der Waals surface area contributed by atoms with Crippen molar-refractivity contribution in [3.05, 3.63) is 59.2 Å². The van der Waals surface area contributed by atoms with Gasteiger partial charge in [-0.2, -0.15) is 5.26 Å². The van der Waals surface area contributed by atoms with Crippen LogP contribution in [0.3, 0.4) is 0 Å². The van der Waals surface area contributed by atoms with Gasteiger partial charge in [0.1, 0.15) is 17.6 Å². The van der Waals surface area contributed by atoms with E-state index in [1.165, 1.54) is 96.3 Å². The second-order valence-electron chi connectivity index (χ2n) is 11.7. The average Bonchev–Trinajstić information content (AvgIpc) is 2.99. The van der Waals surface area contributed by atoms with Crippen LogP contribution < -0.4 is 9.47 Å². The SMILES string of the molecule is CCCCCCCOc1ccc(C(=O)Oc2ccc(CC[C@H]3CC[C@H](CCCCCCC)CC3)cc2C#N)cc1. The van der Waals surface area contributed by atoms with Crippen molar-refractivity contribution in [2.45, 2.75) is 123 Å². The minimum atomic E-state index is -0.461. The molecule has 1 saturated carbocycles. The molecule has 3 rings (SSSR count). The lowest BCUT2D eigenvalue weighted by Crippen LogP contribution is -2.15. The maximum Gasteiger partial charge on any atom is 0.343 e. The number of aryl methyl sites for hydroxylation is 1. The van der Waals surface area contributed by atoms with Crippen molar-refractivity contribution in [3.8, 4) is 17.6 Å². The van der Waals surface area contributed by atoms with Crippen LogP contribution in [0.4, 0.5) is 0 Å². The quantitative estimate of drug-likeness (QED) is 0.106. The molecule has 1 aliphatic carbocycles. The van der Waals surface area contributed by atoms with Crippen LogP contribution in [-0.2, 0) is 6.42 Å². The lowest BCUT2D eigenvalue weighted by Gasteiger charge is -2.28. The van der Waals surface area contributed by atoms with Crippen LogP contribution in [0, 0.1) is 23.2 Å². The lowest BCUT2D eigenvalue weighted by molar-refractivity contribution is 0.0734. The minimum absolute atomic E-state index is 0.322. The maximum absolute atomic E-state index is 12.7. The Kier molecular flexibility index (Phi) is 14.7. The fourth-order valence-corrected chi connectivity index (χ4v) is 5.87. The number of carbonyl (C=O) groups excluding carboxylic acids is 1. The van der Waals surface area contributed by atoms with Gasteiger partial charge in [-0.05, 0) is 73.1 Å². The number of benzene rings is 2. The molecule has 218 valence electrons. The van der Waals surface area contributed by atoms with E-state index in [1.807, 2.05) is 12.1 Å². The molecule has 0 saturated heterocycles. The van der Waals surface area contributed by atoms with E-state index in [0.717, 1.165) is 36.0 Å². The van der Waals surface area contributed by atoms with Crippen molar-refractivity contribution < 1.29 is 14.3 Å². The molecule has 0 amide bonds. The molecule has 0 N–H and O–H groups in total. The molecule has 0 aliphatic heterocycles. The fraction of sp³-hybridized carbons (Fsp3) is 0.611. The number of nitriles is 1. The molecular formula is C36H51NO3. The topological polar surface area (TPSA) is 59.3 Å². The Balaban J connectivity index is 1.40. The molecule has 0 heterocycles. The number of rotatable bonds is 18. The van der Waals surface area contributed by atoms with Crippen molar-refractivity contribution in [2.24, 2.45) is 11.8 Å². The number of hydrogen-bond acceptors (Lipinski definition) is 4. The Morgan fingerprint density at radius 1 is 0.800 bits per heavy atom. The third kappa shape index (κ3) is 11.4. The molecule has 2 aromatic rings.